The van der Waals surface area contributed by atoms with Crippen LogP contribution < -0.4 is 0 Å². The molecule has 0 aromatic heterocycles. The van der Waals surface area contributed by atoms with Crippen molar-refractivity contribution in [3.8, 4) is 0 Å². The van der Waals surface area contributed by atoms with Gasteiger partial charge in [0.1, 0.15) is 0 Å². The molecule has 1 aromatic carbocycles. The van der Waals surface area contributed by atoms with Gasteiger partial charge >= 0.3 is 0 Å². The molecule has 0 aliphatic heterocycles. The number of hydrogen-bond donors (Lipinski definition) is 2. The second-order valence-electron chi connectivity index (χ2n) is 2.69. The van der Waals surface area contributed by atoms with E-state index in [4.69, 9.17) is 23.2 Å². The zero-order valence-corrected chi connectivity index (χ0v) is 9.28. The zero-order valence-electron chi connectivity index (χ0n) is 6.87. The van der Waals surface area contributed by atoms with Crippen LogP contribution in [0.1, 0.15) is 18.1 Å². The van der Waals surface area contributed by atoms with Crippen LogP contribution in [-0.4, -0.2) is 10.9 Å². The van der Waals surface area contributed by atoms with Crippen LogP contribution in [0.5, 0.6) is 0 Å². The Kier molecular flexibility index (Phi) is 4.39. The third-order valence-electron chi connectivity index (χ3n) is 1.72. The van der Waals surface area contributed by atoms with Crippen LogP contribution in [0.4, 0.5) is 0 Å². The molecule has 0 saturated heterocycles. The van der Waals surface area contributed by atoms with Gasteiger partial charge in [-0.05, 0) is 29.9 Å². The molecule has 0 amide bonds. The van der Waals surface area contributed by atoms with Crippen LogP contribution in [0.2, 0.25) is 10.0 Å². The summed E-state index contributed by atoms with van der Waals surface area (Å²) in [5.41, 5.74) is 0.708. The lowest BCUT2D eigenvalue weighted by Gasteiger charge is -2.11. The van der Waals surface area contributed by atoms with Gasteiger partial charge in [0.15, 0.2) is 0 Å². The summed E-state index contributed by atoms with van der Waals surface area (Å²) in [4.78, 5) is 0. The van der Waals surface area contributed by atoms with Gasteiger partial charge in [0, 0.05) is 10.0 Å². The third-order valence-corrected chi connectivity index (χ3v) is 2.54. The Hall–Kier alpha value is 0.110. The first-order valence-corrected chi connectivity index (χ1v) is 5.28. The maximum atomic E-state index is 9.62. The molecule has 0 spiro atoms. The molecular formula is C9H10Cl2OS. The first kappa shape index (κ1) is 11.2. The molecule has 1 nitrogen and oxygen atoms in total. The molecule has 4 heteroatoms. The van der Waals surface area contributed by atoms with E-state index in [0.29, 0.717) is 27.8 Å². The van der Waals surface area contributed by atoms with E-state index < -0.39 is 6.10 Å². The minimum absolute atomic E-state index is 0.502. The van der Waals surface area contributed by atoms with E-state index in [-0.39, 0.29) is 0 Å². The van der Waals surface area contributed by atoms with Crippen molar-refractivity contribution in [3.63, 3.8) is 0 Å². The SMILES string of the molecule is OC(CCS)c1ccc(Cl)cc1Cl. The summed E-state index contributed by atoms with van der Waals surface area (Å²) in [5, 5.41) is 10.7. The summed E-state index contributed by atoms with van der Waals surface area (Å²) in [5.74, 6) is 0.625. The molecule has 0 saturated carbocycles. The smallest absolute Gasteiger partial charge is 0.0812 e. The average Bonchev–Trinajstić information content (AvgIpc) is 2.04. The first-order valence-electron chi connectivity index (χ1n) is 3.89. The average molecular weight is 237 g/mol. The molecule has 1 aromatic rings. The van der Waals surface area contributed by atoms with Crippen molar-refractivity contribution in [1.82, 2.24) is 0 Å². The molecular weight excluding hydrogens is 227 g/mol. The molecule has 0 radical (unpaired) electrons. The monoisotopic (exact) mass is 236 g/mol. The molecule has 1 unspecified atom stereocenters. The molecule has 13 heavy (non-hydrogen) atoms. The van der Waals surface area contributed by atoms with Crippen molar-refractivity contribution in [2.45, 2.75) is 12.5 Å². The Morgan fingerprint density at radius 3 is 2.62 bits per heavy atom. The summed E-state index contributed by atoms with van der Waals surface area (Å²) < 4.78 is 0. The number of aliphatic hydroxyl groups is 1. The molecule has 0 fully saturated rings. The topological polar surface area (TPSA) is 20.2 Å². The fraction of sp³-hybridized carbons (Fsp3) is 0.333. The van der Waals surface area contributed by atoms with Crippen LogP contribution in [-0.2, 0) is 0 Å². The number of hydrogen-bond acceptors (Lipinski definition) is 2. The highest BCUT2D eigenvalue weighted by Gasteiger charge is 2.10. The number of thiol groups is 1. The van der Waals surface area contributed by atoms with Gasteiger partial charge in [0.05, 0.1) is 6.10 Å². The molecule has 1 rings (SSSR count). The predicted octanol–water partition coefficient (Wildman–Crippen LogP) is 3.35. The van der Waals surface area contributed by atoms with Crippen LogP contribution >= 0.6 is 35.8 Å². The van der Waals surface area contributed by atoms with E-state index in [1.807, 2.05) is 0 Å². The van der Waals surface area contributed by atoms with Crippen molar-refractivity contribution >= 4 is 35.8 Å². The quantitative estimate of drug-likeness (QED) is 0.772. The van der Waals surface area contributed by atoms with Crippen molar-refractivity contribution in [3.05, 3.63) is 33.8 Å². The summed E-state index contributed by atoms with van der Waals surface area (Å²) in [6.45, 7) is 0. The highest BCUT2D eigenvalue weighted by atomic mass is 35.5. The van der Waals surface area contributed by atoms with Crippen molar-refractivity contribution < 1.29 is 5.11 Å². The van der Waals surface area contributed by atoms with Crippen molar-refractivity contribution in [1.29, 1.82) is 0 Å². The normalized spacial score (nSPS) is 12.9. The Labute approximate surface area is 93.1 Å². The number of rotatable bonds is 3. The molecule has 0 aliphatic carbocycles. The molecule has 1 atom stereocenters. The van der Waals surface area contributed by atoms with Gasteiger partial charge in [-0.2, -0.15) is 12.6 Å². The van der Waals surface area contributed by atoms with Gasteiger partial charge in [0.25, 0.3) is 0 Å². The fourth-order valence-electron chi connectivity index (χ4n) is 1.05. The van der Waals surface area contributed by atoms with Gasteiger partial charge in [-0.15, -0.1) is 0 Å². The first-order chi connectivity index (χ1) is 6.15. The van der Waals surface area contributed by atoms with Crippen molar-refractivity contribution in [2.75, 3.05) is 5.75 Å². The molecule has 0 heterocycles. The third kappa shape index (κ3) is 3.06. The van der Waals surface area contributed by atoms with Gasteiger partial charge < -0.3 is 5.11 Å². The second kappa shape index (κ2) is 5.11. The minimum Gasteiger partial charge on any atom is -0.388 e. The van der Waals surface area contributed by atoms with E-state index in [9.17, 15) is 5.11 Å². The number of benzene rings is 1. The number of aliphatic hydroxyl groups excluding tert-OH is 1. The maximum Gasteiger partial charge on any atom is 0.0812 e. The largest absolute Gasteiger partial charge is 0.388 e. The van der Waals surface area contributed by atoms with Crippen molar-refractivity contribution in [2.24, 2.45) is 0 Å². The van der Waals surface area contributed by atoms with E-state index >= 15 is 0 Å². The molecule has 1 N–H and O–H groups in total. The van der Waals surface area contributed by atoms with Gasteiger partial charge in [0.2, 0.25) is 0 Å². The van der Waals surface area contributed by atoms with Gasteiger partial charge in [-0.25, -0.2) is 0 Å². The fourth-order valence-corrected chi connectivity index (χ4v) is 1.83. The summed E-state index contributed by atoms with van der Waals surface area (Å²) in [6, 6.07) is 5.07. The Balaban J connectivity index is 2.88. The van der Waals surface area contributed by atoms with E-state index in [1.165, 1.54) is 0 Å². The lowest BCUT2D eigenvalue weighted by molar-refractivity contribution is 0.175. The minimum atomic E-state index is -0.553. The van der Waals surface area contributed by atoms with Crippen LogP contribution in [0, 0.1) is 0 Å². The van der Waals surface area contributed by atoms with Gasteiger partial charge in [-0.3, -0.25) is 0 Å². The second-order valence-corrected chi connectivity index (χ2v) is 3.98. The summed E-state index contributed by atoms with van der Waals surface area (Å²) in [7, 11) is 0. The number of halogens is 2. The Bertz CT molecular complexity index is 291. The predicted molar refractivity (Wildman–Crippen MR) is 59.9 cm³/mol. The lowest BCUT2D eigenvalue weighted by Crippen LogP contribution is -1.98. The maximum absolute atomic E-state index is 9.62. The van der Waals surface area contributed by atoms with E-state index in [2.05, 4.69) is 12.6 Å². The van der Waals surface area contributed by atoms with Crippen LogP contribution in [0.15, 0.2) is 18.2 Å². The van der Waals surface area contributed by atoms with Crippen LogP contribution in [0.3, 0.4) is 0 Å². The summed E-state index contributed by atoms with van der Waals surface area (Å²) >= 11 is 15.6. The van der Waals surface area contributed by atoms with Crippen LogP contribution in [0.25, 0.3) is 0 Å². The Morgan fingerprint density at radius 2 is 2.08 bits per heavy atom. The highest BCUT2D eigenvalue weighted by Crippen LogP contribution is 2.27. The molecule has 0 bridgehead atoms. The summed E-state index contributed by atoms with van der Waals surface area (Å²) in [6.07, 6.45) is 0.0343. The zero-order chi connectivity index (χ0) is 9.84. The van der Waals surface area contributed by atoms with Gasteiger partial charge in [-0.1, -0.05) is 29.3 Å². The Morgan fingerprint density at radius 1 is 1.38 bits per heavy atom. The van der Waals surface area contributed by atoms with E-state index in [0.717, 1.165) is 0 Å². The molecule has 0 aliphatic rings. The highest BCUT2D eigenvalue weighted by molar-refractivity contribution is 7.80. The standard InChI is InChI=1S/C9H10Cl2OS/c10-6-1-2-7(8(11)5-6)9(12)3-4-13/h1-2,5,9,12-13H,3-4H2. The van der Waals surface area contributed by atoms with E-state index in [1.54, 1.807) is 18.2 Å². The lowest BCUT2D eigenvalue weighted by atomic mass is 10.1. The molecule has 72 valence electrons.